The second-order valence-corrected chi connectivity index (χ2v) is 7.36. The number of ether oxygens (including phenoxy) is 1. The van der Waals surface area contributed by atoms with Gasteiger partial charge in [0.25, 0.3) is 11.8 Å². The maximum absolute atomic E-state index is 12.8. The first-order valence-corrected chi connectivity index (χ1v) is 9.43. The molecular weight excluding hydrogens is 340 g/mol. The lowest BCUT2D eigenvalue weighted by Crippen LogP contribution is -2.28. The van der Waals surface area contributed by atoms with Crippen molar-refractivity contribution in [2.24, 2.45) is 28.8 Å². The van der Waals surface area contributed by atoms with Crippen LogP contribution in [-0.4, -0.2) is 29.6 Å². The Morgan fingerprint density at radius 3 is 2.48 bits per heavy atom. The molecule has 2 bridgehead atoms. The maximum atomic E-state index is 12.8. The van der Waals surface area contributed by atoms with Crippen LogP contribution in [0.4, 0.5) is 0 Å². The minimum absolute atomic E-state index is 0.170. The number of nitrogens with zero attached hydrogens (tertiary/aromatic N) is 2. The highest BCUT2D eigenvalue weighted by molar-refractivity contribution is 6.08. The van der Waals surface area contributed by atoms with Crippen molar-refractivity contribution in [1.82, 2.24) is 5.01 Å². The van der Waals surface area contributed by atoms with Crippen LogP contribution in [0.1, 0.15) is 18.9 Å². The molecule has 0 radical (unpaired) electrons. The molecule has 27 heavy (non-hydrogen) atoms. The van der Waals surface area contributed by atoms with E-state index in [0.717, 1.165) is 27.8 Å². The molecule has 2 aromatic carbocycles. The molecule has 136 valence electrons. The molecule has 2 fully saturated rings. The normalized spacial score (nSPS) is 28.7. The molecule has 0 N–H and O–H groups in total. The fourth-order valence-electron chi connectivity index (χ4n) is 4.81. The highest BCUT2D eigenvalue weighted by Gasteiger charge is 2.59. The van der Waals surface area contributed by atoms with Gasteiger partial charge >= 0.3 is 0 Å². The van der Waals surface area contributed by atoms with Gasteiger partial charge in [0.15, 0.2) is 0 Å². The number of rotatable bonds is 4. The third-order valence-electron chi connectivity index (χ3n) is 5.98. The van der Waals surface area contributed by atoms with E-state index in [1.807, 2.05) is 43.3 Å². The summed E-state index contributed by atoms with van der Waals surface area (Å²) in [7, 11) is 0. The van der Waals surface area contributed by atoms with Gasteiger partial charge in [-0.2, -0.15) is 10.1 Å². The van der Waals surface area contributed by atoms with E-state index < -0.39 is 0 Å². The van der Waals surface area contributed by atoms with E-state index in [9.17, 15) is 9.59 Å². The van der Waals surface area contributed by atoms with Gasteiger partial charge in [0, 0.05) is 5.56 Å². The number of allylic oxidation sites excluding steroid dienone is 2. The highest BCUT2D eigenvalue weighted by Crippen LogP contribution is 2.52. The summed E-state index contributed by atoms with van der Waals surface area (Å²) in [5.41, 5.74) is 0.786. The zero-order chi connectivity index (χ0) is 18.5. The molecule has 3 aliphatic rings. The zero-order valence-electron chi connectivity index (χ0n) is 15.0. The first-order valence-electron chi connectivity index (χ1n) is 9.43. The minimum Gasteiger partial charge on any atom is -0.493 e. The molecule has 0 spiro atoms. The number of benzene rings is 2. The average molecular weight is 360 g/mol. The van der Waals surface area contributed by atoms with Crippen LogP contribution in [-0.2, 0) is 9.59 Å². The van der Waals surface area contributed by atoms with Crippen molar-refractivity contribution < 1.29 is 14.3 Å². The Kier molecular flexibility index (Phi) is 3.64. The van der Waals surface area contributed by atoms with Gasteiger partial charge in [0.2, 0.25) is 0 Å². The first-order chi connectivity index (χ1) is 13.2. The number of amides is 2. The third-order valence-corrected chi connectivity index (χ3v) is 5.98. The summed E-state index contributed by atoms with van der Waals surface area (Å²) < 4.78 is 5.74. The minimum atomic E-state index is -0.233. The van der Waals surface area contributed by atoms with Crippen molar-refractivity contribution in [3.05, 3.63) is 54.1 Å². The smallest absolute Gasteiger partial charge is 0.254 e. The van der Waals surface area contributed by atoms with Gasteiger partial charge in [0.05, 0.1) is 24.7 Å². The molecule has 4 atom stereocenters. The van der Waals surface area contributed by atoms with Gasteiger partial charge in [-0.25, -0.2) is 0 Å². The predicted molar refractivity (Wildman–Crippen MR) is 102 cm³/mol. The Balaban J connectivity index is 1.52. The van der Waals surface area contributed by atoms with Crippen LogP contribution in [0.5, 0.6) is 5.75 Å². The van der Waals surface area contributed by atoms with Crippen LogP contribution < -0.4 is 4.74 Å². The molecule has 1 heterocycles. The summed E-state index contributed by atoms with van der Waals surface area (Å²) in [5, 5.41) is 7.45. The molecule has 2 aromatic rings. The van der Waals surface area contributed by atoms with Crippen molar-refractivity contribution in [2.75, 3.05) is 6.61 Å². The first kappa shape index (κ1) is 16.2. The number of hydrazone groups is 1. The molecule has 5 rings (SSSR count). The summed E-state index contributed by atoms with van der Waals surface area (Å²) in [5.74, 6) is 0.266. The fourth-order valence-corrected chi connectivity index (χ4v) is 4.81. The predicted octanol–water partition coefficient (Wildman–Crippen LogP) is 3.38. The number of carbonyl (C=O) groups is 2. The summed E-state index contributed by atoms with van der Waals surface area (Å²) in [6, 6.07) is 11.8. The Morgan fingerprint density at radius 2 is 1.78 bits per heavy atom. The molecule has 5 heteroatoms. The molecule has 0 unspecified atom stereocenters. The van der Waals surface area contributed by atoms with E-state index in [1.54, 1.807) is 6.21 Å². The zero-order valence-corrected chi connectivity index (χ0v) is 15.0. The number of fused-ring (bicyclic) bond motifs is 6. The number of imide groups is 1. The lowest BCUT2D eigenvalue weighted by molar-refractivity contribution is -0.140. The SMILES string of the molecule is CCOc1ccc2ccccc2c1/C=N\N1C(=O)[C@@H]2[C@H](C1=O)[C@H]1C=C[C@H]2C1. The standard InChI is InChI=1S/C22H20N2O3/c1-2-27-18-10-9-13-5-3-4-6-16(13)17(18)12-23-24-21(25)19-14-7-8-15(11-14)20(19)22(24)26/h3-10,12,14-15,19-20H,2,11H2,1H3/b23-12-/t14-,15-,19-,20+/m0/s1. The monoisotopic (exact) mass is 360 g/mol. The van der Waals surface area contributed by atoms with E-state index in [1.165, 1.54) is 0 Å². The van der Waals surface area contributed by atoms with Crippen molar-refractivity contribution in [1.29, 1.82) is 0 Å². The van der Waals surface area contributed by atoms with E-state index >= 15 is 0 Å². The summed E-state index contributed by atoms with van der Waals surface area (Å²) in [6.45, 7) is 2.45. The van der Waals surface area contributed by atoms with Crippen molar-refractivity contribution in [2.45, 2.75) is 13.3 Å². The Bertz CT molecular complexity index is 980. The maximum Gasteiger partial charge on any atom is 0.254 e. The molecular formula is C22H20N2O3. The number of carbonyl (C=O) groups excluding carboxylic acids is 2. The summed E-state index contributed by atoms with van der Waals surface area (Å²) in [6.07, 6.45) is 6.69. The average Bonchev–Trinajstić information content (AvgIpc) is 3.36. The number of hydrogen-bond donors (Lipinski definition) is 0. The van der Waals surface area contributed by atoms with E-state index in [4.69, 9.17) is 4.74 Å². The van der Waals surface area contributed by atoms with Crippen molar-refractivity contribution in [3.8, 4) is 5.75 Å². The van der Waals surface area contributed by atoms with Crippen LogP contribution in [0.15, 0.2) is 53.7 Å². The summed E-state index contributed by atoms with van der Waals surface area (Å²) >= 11 is 0. The van der Waals surface area contributed by atoms with Crippen molar-refractivity contribution in [3.63, 3.8) is 0 Å². The second kappa shape index (κ2) is 6.05. The molecule has 2 aliphatic carbocycles. The Morgan fingerprint density at radius 1 is 1.07 bits per heavy atom. The van der Waals surface area contributed by atoms with E-state index in [-0.39, 0.29) is 35.5 Å². The van der Waals surface area contributed by atoms with Crippen LogP contribution in [0.3, 0.4) is 0 Å². The van der Waals surface area contributed by atoms with E-state index in [2.05, 4.69) is 17.3 Å². The lowest BCUT2D eigenvalue weighted by atomic mass is 9.85. The lowest BCUT2D eigenvalue weighted by Gasteiger charge is -2.13. The van der Waals surface area contributed by atoms with Gasteiger partial charge in [-0.3, -0.25) is 9.59 Å². The van der Waals surface area contributed by atoms with Crippen LogP contribution in [0.2, 0.25) is 0 Å². The van der Waals surface area contributed by atoms with Gasteiger partial charge in [0.1, 0.15) is 5.75 Å². The van der Waals surface area contributed by atoms with Gasteiger partial charge in [-0.15, -0.1) is 0 Å². The number of hydrogen-bond acceptors (Lipinski definition) is 4. The van der Waals surface area contributed by atoms with Gasteiger partial charge in [-0.05, 0) is 42.0 Å². The Hall–Kier alpha value is -2.95. The van der Waals surface area contributed by atoms with Crippen LogP contribution in [0.25, 0.3) is 10.8 Å². The highest BCUT2D eigenvalue weighted by atomic mass is 16.5. The molecule has 1 saturated heterocycles. The van der Waals surface area contributed by atoms with Crippen molar-refractivity contribution >= 4 is 28.8 Å². The molecule has 0 aromatic heterocycles. The molecule has 1 saturated carbocycles. The Labute approximate surface area is 157 Å². The van der Waals surface area contributed by atoms with Gasteiger partial charge < -0.3 is 4.74 Å². The van der Waals surface area contributed by atoms with Crippen LogP contribution in [0, 0.1) is 23.7 Å². The summed E-state index contributed by atoms with van der Waals surface area (Å²) in [4.78, 5) is 25.6. The molecule has 5 nitrogen and oxygen atoms in total. The molecule has 1 aliphatic heterocycles. The largest absolute Gasteiger partial charge is 0.493 e. The molecule has 2 amide bonds. The van der Waals surface area contributed by atoms with Crippen LogP contribution >= 0.6 is 0 Å². The third kappa shape index (κ3) is 2.34. The fraction of sp³-hybridized carbons (Fsp3) is 0.318. The van der Waals surface area contributed by atoms with E-state index in [0.29, 0.717) is 12.4 Å². The second-order valence-electron chi connectivity index (χ2n) is 7.36. The van der Waals surface area contributed by atoms with Gasteiger partial charge in [-0.1, -0.05) is 42.5 Å². The quantitative estimate of drug-likeness (QED) is 0.477. The topological polar surface area (TPSA) is 59.0 Å².